The summed E-state index contributed by atoms with van der Waals surface area (Å²) < 4.78 is 1.000. The second-order valence-electron chi connectivity index (χ2n) is 6.21. The van der Waals surface area contributed by atoms with Gasteiger partial charge in [-0.2, -0.15) is 0 Å². The Labute approximate surface area is 157 Å². The molecule has 0 bridgehead atoms. The van der Waals surface area contributed by atoms with Crippen LogP contribution in [0.1, 0.15) is 49.0 Å². The van der Waals surface area contributed by atoms with E-state index in [1.807, 2.05) is 62.4 Å². The van der Waals surface area contributed by atoms with Crippen molar-refractivity contribution in [3.63, 3.8) is 0 Å². The van der Waals surface area contributed by atoms with Crippen LogP contribution in [0, 0.1) is 6.92 Å². The molecule has 0 heterocycles. The van der Waals surface area contributed by atoms with Crippen LogP contribution in [0.2, 0.25) is 0 Å². The Bertz CT molecular complexity index is 726. The number of nitrogens with one attached hydrogen (secondary N) is 2. The molecular formula is C20H23BrN2O2. The van der Waals surface area contributed by atoms with Crippen LogP contribution < -0.4 is 10.6 Å². The molecule has 0 saturated heterocycles. The Kier molecular flexibility index (Phi) is 6.76. The maximum absolute atomic E-state index is 12.5. The summed E-state index contributed by atoms with van der Waals surface area (Å²) in [5.41, 5.74) is 3.09. The molecule has 2 N–H and O–H groups in total. The third kappa shape index (κ3) is 6.02. The summed E-state index contributed by atoms with van der Waals surface area (Å²) in [6, 6.07) is 15.3. The van der Waals surface area contributed by atoms with Gasteiger partial charge in [0.25, 0.3) is 0 Å². The van der Waals surface area contributed by atoms with Gasteiger partial charge in [0.2, 0.25) is 11.8 Å². The number of amides is 2. The van der Waals surface area contributed by atoms with Crippen LogP contribution in [0.3, 0.4) is 0 Å². The number of aryl methyl sites for hydroxylation is 1. The summed E-state index contributed by atoms with van der Waals surface area (Å²) in [6.45, 7) is 5.41. The Morgan fingerprint density at radius 2 is 1.52 bits per heavy atom. The van der Waals surface area contributed by atoms with Crippen molar-refractivity contribution in [2.75, 3.05) is 0 Å². The fourth-order valence-electron chi connectivity index (χ4n) is 2.62. The highest BCUT2D eigenvalue weighted by Gasteiger charge is 2.18. The molecule has 0 fully saturated rings. The van der Waals surface area contributed by atoms with Crippen molar-refractivity contribution in [2.45, 2.75) is 39.3 Å². The molecule has 132 valence electrons. The first kappa shape index (κ1) is 19.2. The number of halogens is 1. The van der Waals surface area contributed by atoms with Gasteiger partial charge in [-0.1, -0.05) is 57.9 Å². The highest BCUT2D eigenvalue weighted by atomic mass is 79.9. The van der Waals surface area contributed by atoms with Gasteiger partial charge < -0.3 is 10.6 Å². The number of benzene rings is 2. The fraction of sp³-hybridized carbons (Fsp3) is 0.300. The summed E-state index contributed by atoms with van der Waals surface area (Å²) in [4.78, 5) is 24.0. The monoisotopic (exact) mass is 402 g/mol. The average molecular weight is 403 g/mol. The average Bonchev–Trinajstić information content (AvgIpc) is 2.55. The molecule has 2 rings (SSSR count). The molecule has 0 aliphatic heterocycles. The lowest BCUT2D eigenvalue weighted by atomic mass is 10.0. The van der Waals surface area contributed by atoms with E-state index in [-0.39, 0.29) is 30.3 Å². The predicted octanol–water partition coefficient (Wildman–Crippen LogP) is 4.20. The molecule has 0 aliphatic carbocycles. The molecule has 0 radical (unpaired) electrons. The van der Waals surface area contributed by atoms with Crippen LogP contribution in [0.4, 0.5) is 0 Å². The first-order valence-corrected chi connectivity index (χ1v) is 9.03. The van der Waals surface area contributed by atoms with Gasteiger partial charge in [0.15, 0.2) is 0 Å². The number of hydrogen-bond donors (Lipinski definition) is 2. The van der Waals surface area contributed by atoms with Crippen LogP contribution in [-0.4, -0.2) is 11.8 Å². The van der Waals surface area contributed by atoms with E-state index in [0.717, 1.165) is 21.2 Å². The zero-order valence-corrected chi connectivity index (χ0v) is 16.3. The first-order valence-electron chi connectivity index (χ1n) is 8.23. The summed E-state index contributed by atoms with van der Waals surface area (Å²) in [5, 5.41) is 5.86. The summed E-state index contributed by atoms with van der Waals surface area (Å²) in [6.07, 6.45) is 0.198. The van der Waals surface area contributed by atoms with Crippen molar-refractivity contribution in [3.05, 3.63) is 69.7 Å². The van der Waals surface area contributed by atoms with Gasteiger partial charge in [0.05, 0.1) is 18.5 Å². The van der Waals surface area contributed by atoms with Crippen molar-refractivity contribution in [3.8, 4) is 0 Å². The Balaban J connectivity index is 2.04. The highest BCUT2D eigenvalue weighted by Crippen LogP contribution is 2.20. The molecular weight excluding hydrogens is 380 g/mol. The Morgan fingerprint density at radius 1 is 0.960 bits per heavy atom. The van der Waals surface area contributed by atoms with Crippen molar-refractivity contribution in [1.82, 2.24) is 10.6 Å². The molecule has 0 aliphatic rings. The van der Waals surface area contributed by atoms with Gasteiger partial charge in [0, 0.05) is 11.4 Å². The van der Waals surface area contributed by atoms with Crippen molar-refractivity contribution in [2.24, 2.45) is 0 Å². The van der Waals surface area contributed by atoms with Gasteiger partial charge in [-0.05, 0) is 37.1 Å². The molecule has 0 saturated carbocycles. The van der Waals surface area contributed by atoms with Crippen LogP contribution in [0.15, 0.2) is 53.0 Å². The second-order valence-corrected chi connectivity index (χ2v) is 7.12. The standard InChI is InChI=1S/C20H23BrN2O2/c1-13-4-6-17(7-5-13)19(23-15(3)24)12-20(25)22-14(2)16-8-10-18(21)11-9-16/h4-11,14,19H,12H2,1-3H3,(H,22,25)(H,23,24). The van der Waals surface area contributed by atoms with Gasteiger partial charge >= 0.3 is 0 Å². The molecule has 2 amide bonds. The maximum atomic E-state index is 12.5. The SMILES string of the molecule is CC(=O)NC(CC(=O)NC(C)c1ccc(Br)cc1)c1ccc(C)cc1. The zero-order chi connectivity index (χ0) is 18.4. The van der Waals surface area contributed by atoms with E-state index < -0.39 is 0 Å². The zero-order valence-electron chi connectivity index (χ0n) is 14.7. The van der Waals surface area contributed by atoms with E-state index in [1.165, 1.54) is 6.92 Å². The molecule has 25 heavy (non-hydrogen) atoms. The largest absolute Gasteiger partial charge is 0.350 e. The second kappa shape index (κ2) is 8.81. The molecule has 2 unspecified atom stereocenters. The number of hydrogen-bond acceptors (Lipinski definition) is 2. The quantitative estimate of drug-likeness (QED) is 0.760. The number of carbonyl (C=O) groups is 2. The van der Waals surface area contributed by atoms with Crippen LogP contribution in [0.25, 0.3) is 0 Å². The minimum atomic E-state index is -0.338. The van der Waals surface area contributed by atoms with E-state index >= 15 is 0 Å². The summed E-state index contributed by atoms with van der Waals surface area (Å²) in [7, 11) is 0. The fourth-order valence-corrected chi connectivity index (χ4v) is 2.88. The maximum Gasteiger partial charge on any atom is 0.222 e. The van der Waals surface area contributed by atoms with E-state index in [2.05, 4.69) is 26.6 Å². The molecule has 2 atom stereocenters. The third-order valence-electron chi connectivity index (χ3n) is 3.99. The van der Waals surface area contributed by atoms with Crippen LogP contribution in [-0.2, 0) is 9.59 Å². The van der Waals surface area contributed by atoms with E-state index in [9.17, 15) is 9.59 Å². The predicted molar refractivity (Wildman–Crippen MR) is 103 cm³/mol. The van der Waals surface area contributed by atoms with Crippen LogP contribution in [0.5, 0.6) is 0 Å². The molecule has 0 aromatic heterocycles. The third-order valence-corrected chi connectivity index (χ3v) is 4.52. The molecule has 5 heteroatoms. The lowest BCUT2D eigenvalue weighted by molar-refractivity contribution is -0.123. The smallest absolute Gasteiger partial charge is 0.222 e. The molecule has 0 spiro atoms. The topological polar surface area (TPSA) is 58.2 Å². The lowest BCUT2D eigenvalue weighted by Crippen LogP contribution is -2.33. The van der Waals surface area contributed by atoms with Crippen molar-refractivity contribution >= 4 is 27.7 Å². The molecule has 2 aromatic rings. The Hall–Kier alpha value is -2.14. The summed E-state index contributed by atoms with van der Waals surface area (Å²) in [5.74, 6) is -0.255. The highest BCUT2D eigenvalue weighted by molar-refractivity contribution is 9.10. The number of rotatable bonds is 6. The van der Waals surface area contributed by atoms with Gasteiger partial charge in [-0.15, -0.1) is 0 Å². The van der Waals surface area contributed by atoms with Gasteiger partial charge in [-0.25, -0.2) is 0 Å². The van der Waals surface area contributed by atoms with Crippen molar-refractivity contribution < 1.29 is 9.59 Å². The molecule has 4 nitrogen and oxygen atoms in total. The van der Waals surface area contributed by atoms with Crippen molar-refractivity contribution in [1.29, 1.82) is 0 Å². The van der Waals surface area contributed by atoms with E-state index in [4.69, 9.17) is 0 Å². The Morgan fingerprint density at radius 3 is 2.08 bits per heavy atom. The van der Waals surface area contributed by atoms with Gasteiger partial charge in [0.1, 0.15) is 0 Å². The molecule has 2 aromatic carbocycles. The van der Waals surface area contributed by atoms with E-state index in [0.29, 0.717) is 0 Å². The lowest BCUT2D eigenvalue weighted by Gasteiger charge is -2.20. The first-order chi connectivity index (χ1) is 11.8. The minimum Gasteiger partial charge on any atom is -0.350 e. The summed E-state index contributed by atoms with van der Waals surface area (Å²) >= 11 is 3.40. The van der Waals surface area contributed by atoms with Crippen LogP contribution >= 0.6 is 15.9 Å². The van der Waals surface area contributed by atoms with E-state index in [1.54, 1.807) is 0 Å². The van der Waals surface area contributed by atoms with Gasteiger partial charge in [-0.3, -0.25) is 9.59 Å². The number of carbonyl (C=O) groups excluding carboxylic acids is 2. The minimum absolute atomic E-state index is 0.100. The normalized spacial score (nSPS) is 13.0.